The molecule has 74 valence electrons. The maximum Gasteiger partial charge on any atom is 0.0995 e. The lowest BCUT2D eigenvalue weighted by molar-refractivity contribution is 0.820. The molecule has 1 aromatic carbocycles. The van der Waals surface area contributed by atoms with E-state index in [2.05, 4.69) is 17.5 Å². The maximum atomic E-state index is 8.97. The molecule has 0 atom stereocenters. The molecule has 1 aliphatic rings. The first-order valence-corrected chi connectivity index (χ1v) is 5.02. The normalized spacial score (nSPS) is 13.2. The predicted molar refractivity (Wildman–Crippen MR) is 57.3 cm³/mol. The third-order valence-electron chi connectivity index (χ3n) is 2.73. The predicted octanol–water partition coefficient (Wildman–Crippen LogP) is 1.98. The van der Waals surface area contributed by atoms with Crippen molar-refractivity contribution in [3.8, 4) is 12.1 Å². The Kier molecular flexibility index (Phi) is 2.56. The van der Waals surface area contributed by atoms with Crippen molar-refractivity contribution in [1.29, 1.82) is 10.5 Å². The fourth-order valence-corrected chi connectivity index (χ4v) is 2.02. The second kappa shape index (κ2) is 4.02. The Labute approximate surface area is 89.0 Å². The topological polar surface area (TPSA) is 59.6 Å². The number of hydrogen-bond donors (Lipinski definition) is 1. The molecule has 0 bridgehead atoms. The van der Waals surface area contributed by atoms with E-state index in [0.717, 1.165) is 36.2 Å². The highest BCUT2D eigenvalue weighted by molar-refractivity contribution is 5.61. The average Bonchev–Trinajstić information content (AvgIpc) is 2.30. The molecule has 0 saturated heterocycles. The summed E-state index contributed by atoms with van der Waals surface area (Å²) in [7, 11) is 0. The van der Waals surface area contributed by atoms with Crippen molar-refractivity contribution in [2.45, 2.75) is 19.3 Å². The summed E-state index contributed by atoms with van der Waals surface area (Å²) in [5, 5.41) is 21.0. The number of rotatable bonds is 1. The molecule has 2 rings (SSSR count). The molecule has 1 aromatic rings. The molecule has 0 aliphatic carbocycles. The summed E-state index contributed by atoms with van der Waals surface area (Å²) in [6.07, 6.45) is 2.36. The molecule has 0 saturated carbocycles. The fraction of sp³-hybridized carbons (Fsp3) is 0.333. The molecular formula is C12H11N3. The van der Waals surface area contributed by atoms with Gasteiger partial charge in [0.2, 0.25) is 0 Å². The molecule has 0 aromatic heterocycles. The third kappa shape index (κ3) is 1.65. The monoisotopic (exact) mass is 197 g/mol. The van der Waals surface area contributed by atoms with E-state index in [1.54, 1.807) is 6.07 Å². The Morgan fingerprint density at radius 3 is 2.93 bits per heavy atom. The van der Waals surface area contributed by atoms with Gasteiger partial charge in [-0.1, -0.05) is 0 Å². The van der Waals surface area contributed by atoms with Crippen molar-refractivity contribution in [2.24, 2.45) is 0 Å². The Hall–Kier alpha value is -2.00. The van der Waals surface area contributed by atoms with E-state index >= 15 is 0 Å². The minimum atomic E-state index is 0.327. The maximum absolute atomic E-state index is 8.97. The van der Waals surface area contributed by atoms with Crippen LogP contribution in [0.25, 0.3) is 0 Å². The van der Waals surface area contributed by atoms with Gasteiger partial charge in [-0.25, -0.2) is 0 Å². The van der Waals surface area contributed by atoms with Gasteiger partial charge in [0.15, 0.2) is 0 Å². The van der Waals surface area contributed by atoms with Gasteiger partial charge in [0.25, 0.3) is 0 Å². The van der Waals surface area contributed by atoms with Crippen LogP contribution in [0.1, 0.15) is 23.1 Å². The highest BCUT2D eigenvalue weighted by Crippen LogP contribution is 2.28. The highest BCUT2D eigenvalue weighted by Gasteiger charge is 2.15. The van der Waals surface area contributed by atoms with Gasteiger partial charge in [-0.15, -0.1) is 0 Å². The summed E-state index contributed by atoms with van der Waals surface area (Å²) < 4.78 is 0. The van der Waals surface area contributed by atoms with Gasteiger partial charge in [0.05, 0.1) is 24.1 Å². The van der Waals surface area contributed by atoms with Crippen LogP contribution in [0, 0.1) is 22.7 Å². The number of fused-ring (bicyclic) bond motifs is 1. The second-order valence-electron chi connectivity index (χ2n) is 3.59. The van der Waals surface area contributed by atoms with Gasteiger partial charge in [-0.05, 0) is 36.1 Å². The summed E-state index contributed by atoms with van der Waals surface area (Å²) in [5.74, 6) is 0. The van der Waals surface area contributed by atoms with E-state index in [9.17, 15) is 0 Å². The van der Waals surface area contributed by atoms with Crippen LogP contribution in [-0.2, 0) is 12.8 Å². The number of nitrogens with one attached hydrogen (secondary N) is 1. The van der Waals surface area contributed by atoms with Gasteiger partial charge >= 0.3 is 0 Å². The van der Waals surface area contributed by atoms with E-state index in [1.807, 2.05) is 6.07 Å². The zero-order valence-corrected chi connectivity index (χ0v) is 8.38. The molecule has 0 amide bonds. The van der Waals surface area contributed by atoms with E-state index in [-0.39, 0.29) is 0 Å². The van der Waals surface area contributed by atoms with Crippen LogP contribution < -0.4 is 5.32 Å². The van der Waals surface area contributed by atoms with Gasteiger partial charge in [-0.3, -0.25) is 0 Å². The molecule has 0 spiro atoms. The smallest absolute Gasteiger partial charge is 0.0995 e. The Balaban J connectivity index is 2.56. The van der Waals surface area contributed by atoms with Gasteiger partial charge in [0, 0.05) is 12.2 Å². The summed E-state index contributed by atoms with van der Waals surface area (Å²) >= 11 is 0. The zero-order valence-electron chi connectivity index (χ0n) is 8.38. The molecule has 1 aliphatic heterocycles. The van der Waals surface area contributed by atoms with Crippen LogP contribution in [0.4, 0.5) is 5.69 Å². The van der Waals surface area contributed by atoms with Gasteiger partial charge in [-0.2, -0.15) is 10.5 Å². The molecule has 15 heavy (non-hydrogen) atoms. The first-order valence-electron chi connectivity index (χ1n) is 5.02. The molecule has 3 heteroatoms. The molecule has 0 fully saturated rings. The molecule has 0 unspecified atom stereocenters. The summed E-state index contributed by atoms with van der Waals surface area (Å²) in [6.45, 7) is 0.977. The number of anilines is 1. The highest BCUT2D eigenvalue weighted by atomic mass is 14.9. The fourth-order valence-electron chi connectivity index (χ4n) is 2.02. The van der Waals surface area contributed by atoms with Crippen LogP contribution in [0.5, 0.6) is 0 Å². The molecule has 1 heterocycles. The minimum Gasteiger partial charge on any atom is -0.385 e. The first kappa shape index (κ1) is 9.55. The summed E-state index contributed by atoms with van der Waals surface area (Å²) in [6, 6.07) is 8.02. The van der Waals surface area contributed by atoms with E-state index in [1.165, 1.54) is 0 Å². The number of hydrogen-bond acceptors (Lipinski definition) is 3. The number of nitrogens with zero attached hydrogens (tertiary/aromatic N) is 2. The van der Waals surface area contributed by atoms with Crippen LogP contribution >= 0.6 is 0 Å². The Morgan fingerprint density at radius 2 is 2.20 bits per heavy atom. The second-order valence-corrected chi connectivity index (χ2v) is 3.59. The zero-order chi connectivity index (χ0) is 10.7. The summed E-state index contributed by atoms with van der Waals surface area (Å²) in [5.41, 5.74) is 3.79. The first-order chi connectivity index (χ1) is 7.36. The standard InChI is InChI=1S/C12H11N3/c13-6-5-10-9(8-14)3-4-12-11(10)2-1-7-15-12/h3-4,15H,1-2,5,7H2. The number of nitriles is 2. The van der Waals surface area contributed by atoms with Crippen molar-refractivity contribution < 1.29 is 0 Å². The van der Waals surface area contributed by atoms with Crippen molar-refractivity contribution in [1.82, 2.24) is 0 Å². The quantitative estimate of drug-likeness (QED) is 0.748. The SMILES string of the molecule is N#CCc1c(C#N)ccc2c1CCCN2. The van der Waals surface area contributed by atoms with Crippen LogP contribution in [-0.4, -0.2) is 6.54 Å². The van der Waals surface area contributed by atoms with Gasteiger partial charge in [0.1, 0.15) is 0 Å². The van der Waals surface area contributed by atoms with E-state index in [0.29, 0.717) is 12.0 Å². The largest absolute Gasteiger partial charge is 0.385 e. The van der Waals surface area contributed by atoms with Crippen LogP contribution in [0.3, 0.4) is 0 Å². The van der Waals surface area contributed by atoms with Crippen molar-refractivity contribution in [2.75, 3.05) is 11.9 Å². The van der Waals surface area contributed by atoms with Crippen molar-refractivity contribution in [3.63, 3.8) is 0 Å². The van der Waals surface area contributed by atoms with Gasteiger partial charge < -0.3 is 5.32 Å². The van der Waals surface area contributed by atoms with Crippen molar-refractivity contribution in [3.05, 3.63) is 28.8 Å². The minimum absolute atomic E-state index is 0.327. The third-order valence-corrected chi connectivity index (χ3v) is 2.73. The Bertz CT molecular complexity index is 463. The van der Waals surface area contributed by atoms with E-state index < -0.39 is 0 Å². The van der Waals surface area contributed by atoms with Crippen LogP contribution in [0.2, 0.25) is 0 Å². The van der Waals surface area contributed by atoms with Crippen LogP contribution in [0.15, 0.2) is 12.1 Å². The van der Waals surface area contributed by atoms with E-state index in [4.69, 9.17) is 10.5 Å². The molecule has 1 N–H and O–H groups in total. The average molecular weight is 197 g/mol. The molecule has 3 nitrogen and oxygen atoms in total. The lowest BCUT2D eigenvalue weighted by Crippen LogP contribution is -2.14. The lowest BCUT2D eigenvalue weighted by Gasteiger charge is -2.20. The van der Waals surface area contributed by atoms with Crippen molar-refractivity contribution >= 4 is 5.69 Å². The molecular weight excluding hydrogens is 186 g/mol. The number of benzene rings is 1. The molecule has 0 radical (unpaired) electrons. The lowest BCUT2D eigenvalue weighted by atomic mass is 9.92. The Morgan fingerprint density at radius 1 is 1.33 bits per heavy atom. The summed E-state index contributed by atoms with van der Waals surface area (Å²) in [4.78, 5) is 0.